The van der Waals surface area contributed by atoms with E-state index in [4.69, 9.17) is 11.6 Å². The Morgan fingerprint density at radius 3 is 2.00 bits per heavy atom. The summed E-state index contributed by atoms with van der Waals surface area (Å²) in [6.45, 7) is 1.91. The Morgan fingerprint density at radius 2 is 1.47 bits per heavy atom. The van der Waals surface area contributed by atoms with Crippen LogP contribution in [-0.4, -0.2) is 5.78 Å². The summed E-state index contributed by atoms with van der Waals surface area (Å²) < 4.78 is 0. The van der Waals surface area contributed by atoms with Crippen molar-refractivity contribution in [2.24, 2.45) is 0 Å². The molecule has 17 heavy (non-hydrogen) atoms. The first kappa shape index (κ1) is 11.9. The SMILES string of the molecule is CC(Cl)c1ccc(C(=O)c2ccccc2)cc1. The maximum Gasteiger partial charge on any atom is 0.193 e. The van der Waals surface area contributed by atoms with E-state index < -0.39 is 0 Å². The number of carbonyl (C=O) groups is 1. The summed E-state index contributed by atoms with van der Waals surface area (Å²) in [5.41, 5.74) is 2.42. The Bertz CT molecular complexity index is 500. The zero-order valence-corrected chi connectivity index (χ0v) is 10.3. The summed E-state index contributed by atoms with van der Waals surface area (Å²) >= 11 is 5.97. The number of alkyl halides is 1. The van der Waals surface area contributed by atoms with Gasteiger partial charge in [-0.15, -0.1) is 11.6 Å². The van der Waals surface area contributed by atoms with Crippen LogP contribution >= 0.6 is 11.6 Å². The molecule has 1 unspecified atom stereocenters. The quantitative estimate of drug-likeness (QED) is 0.584. The van der Waals surface area contributed by atoms with Crippen LogP contribution in [0.4, 0.5) is 0 Å². The van der Waals surface area contributed by atoms with E-state index in [1.165, 1.54) is 0 Å². The molecule has 0 aromatic heterocycles. The van der Waals surface area contributed by atoms with Gasteiger partial charge in [-0.25, -0.2) is 0 Å². The fourth-order valence-corrected chi connectivity index (χ4v) is 1.80. The molecule has 0 aliphatic rings. The van der Waals surface area contributed by atoms with Gasteiger partial charge < -0.3 is 0 Å². The molecule has 2 aromatic rings. The van der Waals surface area contributed by atoms with E-state index in [-0.39, 0.29) is 11.2 Å². The maximum atomic E-state index is 12.1. The van der Waals surface area contributed by atoms with Crippen molar-refractivity contribution in [1.29, 1.82) is 0 Å². The van der Waals surface area contributed by atoms with Crippen LogP contribution in [0.1, 0.15) is 33.8 Å². The zero-order valence-electron chi connectivity index (χ0n) is 9.56. The largest absolute Gasteiger partial charge is 0.289 e. The summed E-state index contributed by atoms with van der Waals surface area (Å²) in [7, 11) is 0. The van der Waals surface area contributed by atoms with Crippen molar-refractivity contribution in [3.63, 3.8) is 0 Å². The predicted molar refractivity (Wildman–Crippen MR) is 70.6 cm³/mol. The number of rotatable bonds is 3. The van der Waals surface area contributed by atoms with Gasteiger partial charge in [0.15, 0.2) is 5.78 Å². The van der Waals surface area contributed by atoms with Gasteiger partial charge in [0.1, 0.15) is 0 Å². The lowest BCUT2D eigenvalue weighted by molar-refractivity contribution is 0.103. The molecule has 0 saturated carbocycles. The van der Waals surface area contributed by atoms with Gasteiger partial charge in [0, 0.05) is 11.1 Å². The molecule has 0 saturated heterocycles. The van der Waals surface area contributed by atoms with Crippen LogP contribution in [0, 0.1) is 0 Å². The highest BCUT2D eigenvalue weighted by Gasteiger charge is 2.08. The third kappa shape index (κ3) is 2.75. The third-order valence-electron chi connectivity index (χ3n) is 2.67. The minimum absolute atomic E-state index is 0.0316. The number of ketones is 1. The lowest BCUT2D eigenvalue weighted by atomic mass is 10.0. The van der Waals surface area contributed by atoms with Gasteiger partial charge in [0.05, 0.1) is 5.38 Å². The molecule has 0 amide bonds. The molecule has 0 bridgehead atoms. The summed E-state index contributed by atoms with van der Waals surface area (Å²) in [4.78, 5) is 12.1. The molecule has 86 valence electrons. The third-order valence-corrected chi connectivity index (χ3v) is 2.92. The van der Waals surface area contributed by atoms with Crippen LogP contribution in [0.5, 0.6) is 0 Å². The predicted octanol–water partition coefficient (Wildman–Crippen LogP) is 4.22. The average molecular weight is 245 g/mol. The second-order valence-electron chi connectivity index (χ2n) is 3.93. The molecule has 2 rings (SSSR count). The second kappa shape index (κ2) is 5.15. The molecule has 2 aromatic carbocycles. The molecular formula is C15H13ClO. The van der Waals surface area contributed by atoms with Gasteiger partial charge in [0.25, 0.3) is 0 Å². The van der Waals surface area contributed by atoms with E-state index in [2.05, 4.69) is 0 Å². The molecule has 0 heterocycles. The first-order chi connectivity index (χ1) is 8.18. The lowest BCUT2D eigenvalue weighted by Crippen LogP contribution is -2.00. The van der Waals surface area contributed by atoms with Gasteiger partial charge in [-0.1, -0.05) is 54.6 Å². The van der Waals surface area contributed by atoms with E-state index in [1.54, 1.807) is 0 Å². The molecule has 0 aliphatic carbocycles. The molecule has 1 atom stereocenters. The Morgan fingerprint density at radius 1 is 0.941 bits per heavy atom. The average Bonchev–Trinajstić information content (AvgIpc) is 2.39. The fourth-order valence-electron chi connectivity index (χ4n) is 1.66. The van der Waals surface area contributed by atoms with Crippen molar-refractivity contribution in [3.8, 4) is 0 Å². The van der Waals surface area contributed by atoms with Gasteiger partial charge in [-0.2, -0.15) is 0 Å². The van der Waals surface area contributed by atoms with Crippen molar-refractivity contribution in [2.45, 2.75) is 12.3 Å². The summed E-state index contributed by atoms with van der Waals surface area (Å²) in [6.07, 6.45) is 0. The topological polar surface area (TPSA) is 17.1 Å². The Kier molecular flexibility index (Phi) is 3.60. The molecule has 2 heteroatoms. The van der Waals surface area contributed by atoms with Crippen LogP contribution in [0.3, 0.4) is 0 Å². The Hall–Kier alpha value is -1.60. The number of hydrogen-bond donors (Lipinski definition) is 0. The van der Waals surface area contributed by atoms with Crippen LogP contribution in [0.15, 0.2) is 54.6 Å². The van der Waals surface area contributed by atoms with Crippen molar-refractivity contribution in [2.75, 3.05) is 0 Å². The lowest BCUT2D eigenvalue weighted by Gasteiger charge is -2.05. The van der Waals surface area contributed by atoms with E-state index in [1.807, 2.05) is 61.5 Å². The number of benzene rings is 2. The first-order valence-corrected chi connectivity index (χ1v) is 5.96. The van der Waals surface area contributed by atoms with Crippen molar-refractivity contribution in [1.82, 2.24) is 0 Å². The van der Waals surface area contributed by atoms with Crippen molar-refractivity contribution in [3.05, 3.63) is 71.3 Å². The highest BCUT2D eigenvalue weighted by atomic mass is 35.5. The van der Waals surface area contributed by atoms with E-state index >= 15 is 0 Å². The highest BCUT2D eigenvalue weighted by molar-refractivity contribution is 6.20. The fraction of sp³-hybridized carbons (Fsp3) is 0.133. The summed E-state index contributed by atoms with van der Waals surface area (Å²) in [5.74, 6) is 0.0411. The van der Waals surface area contributed by atoms with Crippen LogP contribution in [-0.2, 0) is 0 Å². The normalized spacial score (nSPS) is 12.1. The molecule has 0 N–H and O–H groups in total. The summed E-state index contributed by atoms with van der Waals surface area (Å²) in [6, 6.07) is 16.7. The molecule has 0 aliphatic heterocycles. The van der Waals surface area contributed by atoms with Gasteiger partial charge in [-0.3, -0.25) is 4.79 Å². The molecule has 1 nitrogen and oxygen atoms in total. The van der Waals surface area contributed by atoms with Crippen LogP contribution < -0.4 is 0 Å². The second-order valence-corrected chi connectivity index (χ2v) is 4.59. The van der Waals surface area contributed by atoms with E-state index in [9.17, 15) is 4.79 Å². The minimum atomic E-state index is -0.0316. The first-order valence-electron chi connectivity index (χ1n) is 5.52. The van der Waals surface area contributed by atoms with Gasteiger partial charge >= 0.3 is 0 Å². The van der Waals surface area contributed by atoms with E-state index in [0.29, 0.717) is 11.1 Å². The number of carbonyl (C=O) groups excluding carboxylic acids is 1. The maximum absolute atomic E-state index is 12.1. The molecule has 0 fully saturated rings. The van der Waals surface area contributed by atoms with Crippen molar-refractivity contribution >= 4 is 17.4 Å². The Labute approximate surface area is 106 Å². The van der Waals surface area contributed by atoms with E-state index in [0.717, 1.165) is 5.56 Å². The van der Waals surface area contributed by atoms with Crippen LogP contribution in [0.25, 0.3) is 0 Å². The monoisotopic (exact) mass is 244 g/mol. The Balaban J connectivity index is 2.27. The van der Waals surface area contributed by atoms with Crippen molar-refractivity contribution < 1.29 is 4.79 Å². The van der Waals surface area contributed by atoms with Gasteiger partial charge in [0.2, 0.25) is 0 Å². The smallest absolute Gasteiger partial charge is 0.193 e. The van der Waals surface area contributed by atoms with Gasteiger partial charge in [-0.05, 0) is 12.5 Å². The number of hydrogen-bond acceptors (Lipinski definition) is 1. The summed E-state index contributed by atoms with van der Waals surface area (Å²) in [5, 5.41) is -0.0316. The number of halogens is 1. The highest BCUT2D eigenvalue weighted by Crippen LogP contribution is 2.20. The van der Waals surface area contributed by atoms with Crippen LogP contribution in [0.2, 0.25) is 0 Å². The zero-order chi connectivity index (χ0) is 12.3. The minimum Gasteiger partial charge on any atom is -0.289 e. The molecule has 0 radical (unpaired) electrons. The molecular weight excluding hydrogens is 232 g/mol. The standard InChI is InChI=1S/C15H13ClO/c1-11(16)12-7-9-14(10-8-12)15(17)13-5-3-2-4-6-13/h2-11H,1H3. The molecule has 0 spiro atoms.